The van der Waals surface area contributed by atoms with Gasteiger partial charge >= 0.3 is 5.69 Å². The summed E-state index contributed by atoms with van der Waals surface area (Å²) in [5.41, 5.74) is 3.54. The second-order valence-corrected chi connectivity index (χ2v) is 8.57. The van der Waals surface area contributed by atoms with Crippen molar-refractivity contribution in [1.29, 1.82) is 0 Å². The standard InChI is InChI=1S/C26H24ClN5O3/c1-34-22-13-8-17(14-23(22)35-2)15-32-26(33)28-25(30-32)31-16-21(18-6-4-3-5-7-18)24(29-31)19-9-11-20(27)12-10-19/h3-14,21H,15-16H2,1-2H3,(H,28,30,33). The molecular formula is C26H24ClN5O3. The molecule has 0 spiro atoms. The van der Waals surface area contributed by atoms with Gasteiger partial charge in [-0.1, -0.05) is 60.1 Å². The molecule has 4 aromatic rings. The van der Waals surface area contributed by atoms with Gasteiger partial charge in [0.1, 0.15) is 0 Å². The molecule has 9 heteroatoms. The van der Waals surface area contributed by atoms with E-state index in [0.717, 1.165) is 22.4 Å². The molecule has 8 nitrogen and oxygen atoms in total. The molecule has 0 aliphatic carbocycles. The number of methoxy groups -OCH3 is 2. The largest absolute Gasteiger partial charge is 0.493 e. The average molecular weight is 490 g/mol. The third-order valence-corrected chi connectivity index (χ3v) is 6.20. The van der Waals surface area contributed by atoms with Crippen molar-refractivity contribution in [3.63, 3.8) is 0 Å². The minimum Gasteiger partial charge on any atom is -0.493 e. The zero-order valence-electron chi connectivity index (χ0n) is 19.3. The van der Waals surface area contributed by atoms with E-state index in [2.05, 4.69) is 22.2 Å². The lowest BCUT2D eigenvalue weighted by Gasteiger charge is -2.14. The average Bonchev–Trinajstić information content (AvgIpc) is 3.49. The Morgan fingerprint density at radius 2 is 1.74 bits per heavy atom. The van der Waals surface area contributed by atoms with Crippen LogP contribution in [0, 0.1) is 0 Å². The zero-order valence-corrected chi connectivity index (χ0v) is 20.1. The van der Waals surface area contributed by atoms with Gasteiger partial charge in [-0.05, 0) is 41.0 Å². The first-order valence-electron chi connectivity index (χ1n) is 11.1. The molecule has 1 unspecified atom stereocenters. The summed E-state index contributed by atoms with van der Waals surface area (Å²) in [6.45, 7) is 0.824. The molecule has 0 saturated carbocycles. The lowest BCUT2D eigenvalue weighted by molar-refractivity contribution is 0.354. The molecule has 0 saturated heterocycles. The van der Waals surface area contributed by atoms with Crippen LogP contribution in [0.25, 0.3) is 0 Å². The minimum absolute atomic E-state index is 0.0110. The maximum atomic E-state index is 12.7. The van der Waals surface area contributed by atoms with E-state index in [1.807, 2.05) is 54.6 Å². The Balaban J connectivity index is 1.45. The molecule has 5 rings (SSSR count). The fourth-order valence-electron chi connectivity index (χ4n) is 4.18. The summed E-state index contributed by atoms with van der Waals surface area (Å²) < 4.78 is 12.0. The van der Waals surface area contributed by atoms with E-state index >= 15 is 0 Å². The molecule has 35 heavy (non-hydrogen) atoms. The summed E-state index contributed by atoms with van der Waals surface area (Å²) in [4.78, 5) is 15.6. The van der Waals surface area contributed by atoms with Crippen LogP contribution in [0.15, 0.2) is 82.7 Å². The predicted octanol–water partition coefficient (Wildman–Crippen LogP) is 4.30. The number of ether oxygens (including phenoxy) is 2. The summed E-state index contributed by atoms with van der Waals surface area (Å²) in [6.07, 6.45) is 0. The molecule has 2 heterocycles. The van der Waals surface area contributed by atoms with Crippen molar-refractivity contribution in [2.75, 3.05) is 25.8 Å². The summed E-state index contributed by atoms with van der Waals surface area (Å²) in [7, 11) is 3.16. The van der Waals surface area contributed by atoms with Crippen LogP contribution in [0.2, 0.25) is 5.02 Å². The monoisotopic (exact) mass is 489 g/mol. The number of hydrogen-bond donors (Lipinski definition) is 1. The van der Waals surface area contributed by atoms with Crippen LogP contribution in [0.3, 0.4) is 0 Å². The van der Waals surface area contributed by atoms with E-state index in [1.54, 1.807) is 25.3 Å². The van der Waals surface area contributed by atoms with Gasteiger partial charge in [0, 0.05) is 10.9 Å². The summed E-state index contributed by atoms with van der Waals surface area (Å²) in [6, 6.07) is 23.3. The van der Waals surface area contributed by atoms with E-state index < -0.39 is 0 Å². The molecule has 0 fully saturated rings. The van der Waals surface area contributed by atoms with E-state index in [1.165, 1.54) is 4.68 Å². The number of hydrogen-bond acceptors (Lipinski definition) is 6. The van der Waals surface area contributed by atoms with E-state index in [-0.39, 0.29) is 18.2 Å². The summed E-state index contributed by atoms with van der Waals surface area (Å²) in [5, 5.41) is 11.8. The molecule has 3 aromatic carbocycles. The first kappa shape index (κ1) is 22.7. The molecule has 1 N–H and O–H groups in total. The third-order valence-electron chi connectivity index (χ3n) is 5.95. The van der Waals surface area contributed by atoms with Gasteiger partial charge in [-0.2, -0.15) is 5.10 Å². The first-order chi connectivity index (χ1) is 17.1. The predicted molar refractivity (Wildman–Crippen MR) is 136 cm³/mol. The number of aromatic amines is 1. The Morgan fingerprint density at radius 1 is 1.00 bits per heavy atom. The van der Waals surface area contributed by atoms with Crippen LogP contribution >= 0.6 is 11.6 Å². The molecule has 0 bridgehead atoms. The van der Waals surface area contributed by atoms with Crippen molar-refractivity contribution < 1.29 is 9.47 Å². The van der Waals surface area contributed by atoms with E-state index in [0.29, 0.717) is 29.0 Å². The summed E-state index contributed by atoms with van der Waals surface area (Å²) in [5.74, 6) is 1.62. The lowest BCUT2D eigenvalue weighted by atomic mass is 9.91. The molecule has 1 aliphatic heterocycles. The SMILES string of the molecule is COc1ccc(Cn2nc(N3CC(c4ccccc4)C(c4ccc(Cl)cc4)=N3)[nH]c2=O)cc1OC. The van der Waals surface area contributed by atoms with Gasteiger partial charge in [0.25, 0.3) is 0 Å². The number of nitrogens with zero attached hydrogens (tertiary/aromatic N) is 4. The Hall–Kier alpha value is -4.04. The fourth-order valence-corrected chi connectivity index (χ4v) is 4.31. The van der Waals surface area contributed by atoms with Crippen molar-refractivity contribution in [1.82, 2.24) is 14.8 Å². The maximum absolute atomic E-state index is 12.7. The minimum atomic E-state index is -0.318. The number of nitrogens with one attached hydrogen (secondary N) is 1. The highest BCUT2D eigenvalue weighted by Gasteiger charge is 2.31. The van der Waals surface area contributed by atoms with E-state index in [9.17, 15) is 4.79 Å². The molecule has 1 aliphatic rings. The Morgan fingerprint density at radius 3 is 2.46 bits per heavy atom. The van der Waals surface area contributed by atoms with Gasteiger partial charge in [-0.3, -0.25) is 4.98 Å². The second kappa shape index (κ2) is 9.68. The van der Waals surface area contributed by atoms with Crippen molar-refractivity contribution in [2.24, 2.45) is 5.10 Å². The van der Waals surface area contributed by atoms with Crippen molar-refractivity contribution in [3.8, 4) is 11.5 Å². The normalized spacial score (nSPS) is 15.2. The van der Waals surface area contributed by atoms with Crippen LogP contribution in [0.1, 0.15) is 22.6 Å². The zero-order chi connectivity index (χ0) is 24.4. The molecule has 1 atom stereocenters. The number of hydrazone groups is 1. The fraction of sp³-hybridized carbons (Fsp3) is 0.192. The number of anilines is 1. The van der Waals surface area contributed by atoms with E-state index in [4.69, 9.17) is 26.2 Å². The van der Waals surface area contributed by atoms with Crippen LogP contribution in [-0.2, 0) is 6.54 Å². The van der Waals surface area contributed by atoms with Crippen LogP contribution in [0.4, 0.5) is 5.95 Å². The lowest BCUT2D eigenvalue weighted by Crippen LogP contribution is -2.19. The molecular weight excluding hydrogens is 466 g/mol. The molecule has 0 radical (unpaired) electrons. The first-order valence-corrected chi connectivity index (χ1v) is 11.5. The Kier molecular flexibility index (Phi) is 6.29. The van der Waals surface area contributed by atoms with Gasteiger partial charge in [-0.15, -0.1) is 5.10 Å². The van der Waals surface area contributed by atoms with Crippen LogP contribution in [0.5, 0.6) is 11.5 Å². The van der Waals surface area contributed by atoms with Gasteiger partial charge in [0.15, 0.2) is 11.5 Å². The molecule has 178 valence electrons. The number of H-pyrrole nitrogens is 1. The van der Waals surface area contributed by atoms with Gasteiger partial charge in [0.2, 0.25) is 5.95 Å². The topological polar surface area (TPSA) is 84.7 Å². The summed E-state index contributed by atoms with van der Waals surface area (Å²) >= 11 is 6.10. The highest BCUT2D eigenvalue weighted by atomic mass is 35.5. The highest BCUT2D eigenvalue weighted by molar-refractivity contribution is 6.30. The van der Waals surface area contributed by atoms with Crippen molar-refractivity contribution in [2.45, 2.75) is 12.5 Å². The number of rotatable bonds is 7. The van der Waals surface area contributed by atoms with Gasteiger partial charge in [-0.25, -0.2) is 14.5 Å². The van der Waals surface area contributed by atoms with Crippen molar-refractivity contribution in [3.05, 3.63) is 105 Å². The number of benzene rings is 3. The third kappa shape index (κ3) is 4.65. The number of aromatic nitrogens is 3. The molecule has 1 aromatic heterocycles. The second-order valence-electron chi connectivity index (χ2n) is 8.14. The van der Waals surface area contributed by atoms with Crippen LogP contribution < -0.4 is 20.2 Å². The van der Waals surface area contributed by atoms with Crippen LogP contribution in [-0.4, -0.2) is 41.2 Å². The number of halogens is 1. The van der Waals surface area contributed by atoms with Gasteiger partial charge < -0.3 is 9.47 Å². The molecule has 0 amide bonds. The van der Waals surface area contributed by atoms with Gasteiger partial charge in [0.05, 0.1) is 33.0 Å². The van der Waals surface area contributed by atoms with Crippen molar-refractivity contribution >= 4 is 23.3 Å². The smallest absolute Gasteiger partial charge is 0.345 e. The highest BCUT2D eigenvalue weighted by Crippen LogP contribution is 2.31. The quantitative estimate of drug-likeness (QED) is 0.418. The Labute approximate surface area is 207 Å². The Bertz CT molecular complexity index is 1410. The maximum Gasteiger partial charge on any atom is 0.345 e.